The predicted molar refractivity (Wildman–Crippen MR) is 68.6 cm³/mol. The summed E-state index contributed by atoms with van der Waals surface area (Å²) in [6.45, 7) is 12.5. The van der Waals surface area contributed by atoms with Crippen LogP contribution in [0.1, 0.15) is 40.5 Å². The molecular weight excluding hydrogens is 200 g/mol. The average molecular weight is 228 g/mol. The van der Waals surface area contributed by atoms with Gasteiger partial charge in [0.25, 0.3) is 0 Å². The van der Waals surface area contributed by atoms with Crippen LogP contribution in [0, 0.1) is 5.92 Å². The van der Waals surface area contributed by atoms with Crippen molar-refractivity contribution >= 4 is 0 Å². The largest absolute Gasteiger partial charge is 0.396 e. The second-order valence-corrected chi connectivity index (χ2v) is 6.13. The highest BCUT2D eigenvalue weighted by Gasteiger charge is 2.26. The minimum absolute atomic E-state index is 0.286. The highest BCUT2D eigenvalue weighted by Crippen LogP contribution is 2.20. The standard InChI is InChI=1S/C13H28N2O/c1-11(10-16)9-14-12-5-7-15(8-6-12)13(2,3)4/h11-12,14,16H,5-10H2,1-4H3. The molecule has 0 bridgehead atoms. The number of rotatable bonds is 4. The Hall–Kier alpha value is -0.120. The zero-order valence-electron chi connectivity index (χ0n) is 11.3. The monoisotopic (exact) mass is 228 g/mol. The number of likely N-dealkylation sites (tertiary alicyclic amines) is 1. The van der Waals surface area contributed by atoms with Crippen molar-refractivity contribution in [1.82, 2.24) is 10.2 Å². The molecule has 0 amide bonds. The van der Waals surface area contributed by atoms with Gasteiger partial charge in [0.05, 0.1) is 0 Å². The second kappa shape index (κ2) is 5.99. The lowest BCUT2D eigenvalue weighted by atomic mass is 9.98. The molecule has 0 saturated carbocycles. The van der Waals surface area contributed by atoms with Crippen LogP contribution in [0.5, 0.6) is 0 Å². The highest BCUT2D eigenvalue weighted by molar-refractivity contribution is 4.84. The van der Waals surface area contributed by atoms with Gasteiger partial charge in [-0.05, 0) is 39.5 Å². The summed E-state index contributed by atoms with van der Waals surface area (Å²) < 4.78 is 0. The molecule has 96 valence electrons. The van der Waals surface area contributed by atoms with Crippen molar-refractivity contribution in [2.75, 3.05) is 26.2 Å². The van der Waals surface area contributed by atoms with Gasteiger partial charge in [0.2, 0.25) is 0 Å². The molecular formula is C13H28N2O. The van der Waals surface area contributed by atoms with Gasteiger partial charge in [-0.2, -0.15) is 0 Å². The predicted octanol–water partition coefficient (Wildman–Crippen LogP) is 1.47. The third-order valence-electron chi connectivity index (χ3n) is 3.51. The van der Waals surface area contributed by atoms with Crippen molar-refractivity contribution in [1.29, 1.82) is 0 Å². The van der Waals surface area contributed by atoms with Crippen LogP contribution in [0.4, 0.5) is 0 Å². The molecule has 1 rings (SSSR count). The maximum absolute atomic E-state index is 8.96. The van der Waals surface area contributed by atoms with Gasteiger partial charge in [0.15, 0.2) is 0 Å². The van der Waals surface area contributed by atoms with Gasteiger partial charge in [-0.15, -0.1) is 0 Å². The Bertz CT molecular complexity index is 193. The highest BCUT2D eigenvalue weighted by atomic mass is 16.3. The molecule has 0 radical (unpaired) electrons. The topological polar surface area (TPSA) is 35.5 Å². The Morgan fingerprint density at radius 2 is 1.88 bits per heavy atom. The molecule has 1 aliphatic rings. The first kappa shape index (κ1) is 13.9. The number of hydrogen-bond acceptors (Lipinski definition) is 3. The van der Waals surface area contributed by atoms with Crippen molar-refractivity contribution in [3.8, 4) is 0 Å². The summed E-state index contributed by atoms with van der Waals surface area (Å²) in [6.07, 6.45) is 2.46. The lowest BCUT2D eigenvalue weighted by Crippen LogP contribution is -2.50. The molecule has 1 heterocycles. The minimum Gasteiger partial charge on any atom is -0.396 e. The van der Waals surface area contributed by atoms with Gasteiger partial charge in [-0.25, -0.2) is 0 Å². The molecule has 3 nitrogen and oxygen atoms in total. The van der Waals surface area contributed by atoms with Crippen LogP contribution in [0.15, 0.2) is 0 Å². The first-order valence-electron chi connectivity index (χ1n) is 6.52. The third kappa shape index (κ3) is 4.40. The Morgan fingerprint density at radius 1 is 1.31 bits per heavy atom. The van der Waals surface area contributed by atoms with E-state index in [2.05, 4.69) is 37.9 Å². The summed E-state index contributed by atoms with van der Waals surface area (Å²) in [5.41, 5.74) is 0.309. The SMILES string of the molecule is CC(CO)CNC1CCN(C(C)(C)C)CC1. The van der Waals surface area contributed by atoms with Crippen molar-refractivity contribution in [2.45, 2.75) is 52.1 Å². The summed E-state index contributed by atoms with van der Waals surface area (Å²) in [5.74, 6) is 0.376. The number of nitrogens with zero attached hydrogens (tertiary/aromatic N) is 1. The lowest BCUT2D eigenvalue weighted by Gasteiger charge is -2.41. The third-order valence-corrected chi connectivity index (χ3v) is 3.51. The molecule has 1 aliphatic heterocycles. The molecule has 0 aromatic carbocycles. The van der Waals surface area contributed by atoms with Gasteiger partial charge < -0.3 is 10.4 Å². The van der Waals surface area contributed by atoms with Gasteiger partial charge >= 0.3 is 0 Å². The van der Waals surface area contributed by atoms with Crippen molar-refractivity contribution < 1.29 is 5.11 Å². The molecule has 0 aliphatic carbocycles. The van der Waals surface area contributed by atoms with Crippen LogP contribution in [0.3, 0.4) is 0 Å². The van der Waals surface area contributed by atoms with Crippen LogP contribution in [-0.2, 0) is 0 Å². The maximum atomic E-state index is 8.96. The van der Waals surface area contributed by atoms with Crippen LogP contribution < -0.4 is 5.32 Å². The summed E-state index contributed by atoms with van der Waals surface area (Å²) in [4.78, 5) is 2.56. The number of nitrogens with one attached hydrogen (secondary N) is 1. The molecule has 1 saturated heterocycles. The zero-order chi connectivity index (χ0) is 12.2. The fourth-order valence-electron chi connectivity index (χ4n) is 2.19. The number of aliphatic hydroxyl groups is 1. The number of hydrogen-bond donors (Lipinski definition) is 2. The van der Waals surface area contributed by atoms with Crippen molar-refractivity contribution in [3.63, 3.8) is 0 Å². The first-order chi connectivity index (χ1) is 7.43. The smallest absolute Gasteiger partial charge is 0.0468 e. The molecule has 2 N–H and O–H groups in total. The van der Waals surface area contributed by atoms with Gasteiger partial charge in [-0.3, -0.25) is 4.90 Å². The fourth-order valence-corrected chi connectivity index (χ4v) is 2.19. The Kier molecular flexibility index (Phi) is 5.22. The van der Waals surface area contributed by atoms with E-state index in [0.717, 1.165) is 6.54 Å². The second-order valence-electron chi connectivity index (χ2n) is 6.13. The molecule has 0 spiro atoms. The summed E-state index contributed by atoms with van der Waals surface area (Å²) in [5, 5.41) is 12.5. The number of aliphatic hydroxyl groups excluding tert-OH is 1. The molecule has 0 aromatic heterocycles. The zero-order valence-corrected chi connectivity index (χ0v) is 11.3. The Morgan fingerprint density at radius 3 is 2.31 bits per heavy atom. The van der Waals surface area contributed by atoms with Crippen LogP contribution in [0.2, 0.25) is 0 Å². The van der Waals surface area contributed by atoms with Gasteiger partial charge in [0, 0.05) is 37.8 Å². The van der Waals surface area contributed by atoms with E-state index in [1.165, 1.54) is 25.9 Å². The average Bonchev–Trinajstić information content (AvgIpc) is 2.25. The van der Waals surface area contributed by atoms with Crippen LogP contribution >= 0.6 is 0 Å². The van der Waals surface area contributed by atoms with E-state index in [4.69, 9.17) is 5.11 Å². The lowest BCUT2D eigenvalue weighted by molar-refractivity contribution is 0.0946. The van der Waals surface area contributed by atoms with E-state index in [-0.39, 0.29) is 6.61 Å². The van der Waals surface area contributed by atoms with Gasteiger partial charge in [0.1, 0.15) is 0 Å². The van der Waals surface area contributed by atoms with E-state index in [1.807, 2.05) is 0 Å². The quantitative estimate of drug-likeness (QED) is 0.765. The van der Waals surface area contributed by atoms with E-state index in [1.54, 1.807) is 0 Å². The molecule has 3 heteroatoms. The van der Waals surface area contributed by atoms with Crippen molar-refractivity contribution in [3.05, 3.63) is 0 Å². The van der Waals surface area contributed by atoms with Crippen molar-refractivity contribution in [2.24, 2.45) is 5.92 Å². The van der Waals surface area contributed by atoms with Crippen LogP contribution in [-0.4, -0.2) is 47.8 Å². The molecule has 0 aromatic rings. The van der Waals surface area contributed by atoms with E-state index >= 15 is 0 Å². The molecule has 1 unspecified atom stereocenters. The van der Waals surface area contributed by atoms with Gasteiger partial charge in [-0.1, -0.05) is 6.92 Å². The Balaban J connectivity index is 2.22. The molecule has 1 fully saturated rings. The normalized spacial score (nSPS) is 22.3. The van der Waals surface area contributed by atoms with E-state index < -0.39 is 0 Å². The van der Waals surface area contributed by atoms with E-state index in [9.17, 15) is 0 Å². The molecule has 1 atom stereocenters. The number of piperidine rings is 1. The Labute approximate surface area is 100 Å². The van der Waals surface area contributed by atoms with Crippen LogP contribution in [0.25, 0.3) is 0 Å². The summed E-state index contributed by atoms with van der Waals surface area (Å²) >= 11 is 0. The molecule has 16 heavy (non-hydrogen) atoms. The summed E-state index contributed by atoms with van der Waals surface area (Å²) in [6, 6.07) is 0.646. The van der Waals surface area contributed by atoms with E-state index in [0.29, 0.717) is 17.5 Å². The fraction of sp³-hybridized carbons (Fsp3) is 1.00. The summed E-state index contributed by atoms with van der Waals surface area (Å²) in [7, 11) is 0. The maximum Gasteiger partial charge on any atom is 0.0468 e. The first-order valence-corrected chi connectivity index (χ1v) is 6.52. The minimum atomic E-state index is 0.286.